The molecule has 1 aromatic heterocycles. The minimum Gasteiger partial charge on any atom is -0.396 e. The van der Waals surface area contributed by atoms with Crippen molar-refractivity contribution in [3.05, 3.63) is 24.0 Å². The third-order valence-electron chi connectivity index (χ3n) is 3.12. The first-order chi connectivity index (χ1) is 9.89. The van der Waals surface area contributed by atoms with Crippen LogP contribution in [0, 0.1) is 13.8 Å². The molecule has 0 atom stereocenters. The van der Waals surface area contributed by atoms with E-state index < -0.39 is 10.0 Å². The summed E-state index contributed by atoms with van der Waals surface area (Å²) in [5.41, 5.74) is 0.949. The molecule has 0 saturated heterocycles. The van der Waals surface area contributed by atoms with E-state index in [1.165, 1.54) is 10.4 Å². The van der Waals surface area contributed by atoms with E-state index in [1.807, 2.05) is 0 Å². The zero-order valence-corrected chi connectivity index (χ0v) is 13.3. The van der Waals surface area contributed by atoms with Crippen molar-refractivity contribution in [1.82, 2.24) is 14.1 Å². The molecule has 0 bridgehead atoms. The highest BCUT2D eigenvalue weighted by atomic mass is 32.2. The lowest BCUT2D eigenvalue weighted by molar-refractivity contribution is 0.260. The number of aryl methyl sites for hydroxylation is 2. The standard InChI is InChI=1S/C13H23N3O4S/c1-4-6-15(8-10-18)21(19,20)13-11(2)14-16(12(13)3)7-5-9-17/h4,17-18H,1,5-10H2,2-3H3. The zero-order chi connectivity index (χ0) is 16.0. The van der Waals surface area contributed by atoms with Crippen LogP contribution in [0.4, 0.5) is 0 Å². The highest BCUT2D eigenvalue weighted by molar-refractivity contribution is 7.89. The summed E-state index contributed by atoms with van der Waals surface area (Å²) in [7, 11) is -3.73. The van der Waals surface area contributed by atoms with E-state index in [0.29, 0.717) is 24.4 Å². The summed E-state index contributed by atoms with van der Waals surface area (Å²) in [5.74, 6) is 0. The van der Waals surface area contributed by atoms with Crippen molar-refractivity contribution >= 4 is 10.0 Å². The molecular formula is C13H23N3O4S. The van der Waals surface area contributed by atoms with E-state index in [0.717, 1.165) is 0 Å². The third-order valence-corrected chi connectivity index (χ3v) is 5.24. The van der Waals surface area contributed by atoms with Crippen LogP contribution in [0.2, 0.25) is 0 Å². The average Bonchev–Trinajstić information content (AvgIpc) is 2.71. The van der Waals surface area contributed by atoms with Gasteiger partial charge in [-0.1, -0.05) is 6.08 Å². The molecule has 2 N–H and O–H groups in total. The lowest BCUT2D eigenvalue weighted by Crippen LogP contribution is -2.34. The SMILES string of the molecule is C=CCN(CCO)S(=O)(=O)c1c(C)nn(CCCO)c1C. The second-order valence-electron chi connectivity index (χ2n) is 4.68. The number of hydrogen-bond donors (Lipinski definition) is 2. The molecule has 0 aliphatic rings. The fourth-order valence-corrected chi connectivity index (χ4v) is 3.96. The molecule has 8 heteroatoms. The number of hydrogen-bond acceptors (Lipinski definition) is 5. The predicted octanol–water partition coefficient (Wildman–Crippen LogP) is 0.0513. The molecule has 0 fully saturated rings. The van der Waals surface area contributed by atoms with Crippen LogP contribution in [0.5, 0.6) is 0 Å². The fourth-order valence-electron chi connectivity index (χ4n) is 2.19. The Balaban J connectivity index is 3.23. The molecule has 0 aliphatic heterocycles. The maximum atomic E-state index is 12.7. The molecule has 1 aromatic rings. The van der Waals surface area contributed by atoms with E-state index in [1.54, 1.807) is 18.5 Å². The van der Waals surface area contributed by atoms with Gasteiger partial charge in [-0.25, -0.2) is 8.42 Å². The molecule has 0 aromatic carbocycles. The van der Waals surface area contributed by atoms with Gasteiger partial charge in [0.05, 0.1) is 18.0 Å². The summed E-state index contributed by atoms with van der Waals surface area (Å²) in [6.45, 7) is 7.23. The quantitative estimate of drug-likeness (QED) is 0.628. The van der Waals surface area contributed by atoms with Crippen LogP contribution in [-0.2, 0) is 16.6 Å². The van der Waals surface area contributed by atoms with Crippen LogP contribution in [0.15, 0.2) is 17.6 Å². The summed E-state index contributed by atoms with van der Waals surface area (Å²) < 4.78 is 28.2. The van der Waals surface area contributed by atoms with Crippen molar-refractivity contribution < 1.29 is 18.6 Å². The van der Waals surface area contributed by atoms with Gasteiger partial charge in [0.25, 0.3) is 0 Å². The number of aliphatic hydroxyl groups is 2. The van der Waals surface area contributed by atoms with E-state index in [4.69, 9.17) is 10.2 Å². The molecule has 0 radical (unpaired) electrons. The van der Waals surface area contributed by atoms with Gasteiger partial charge in [0.2, 0.25) is 10.0 Å². The highest BCUT2D eigenvalue weighted by Crippen LogP contribution is 2.23. The Morgan fingerprint density at radius 1 is 1.33 bits per heavy atom. The van der Waals surface area contributed by atoms with E-state index in [-0.39, 0.29) is 31.2 Å². The first-order valence-electron chi connectivity index (χ1n) is 6.76. The fraction of sp³-hybridized carbons (Fsp3) is 0.615. The predicted molar refractivity (Wildman–Crippen MR) is 79.4 cm³/mol. The van der Waals surface area contributed by atoms with Gasteiger partial charge in [-0.2, -0.15) is 9.40 Å². The smallest absolute Gasteiger partial charge is 0.247 e. The van der Waals surface area contributed by atoms with Gasteiger partial charge in [-0.15, -0.1) is 6.58 Å². The number of aromatic nitrogens is 2. The lowest BCUT2D eigenvalue weighted by Gasteiger charge is -2.19. The summed E-state index contributed by atoms with van der Waals surface area (Å²) in [6, 6.07) is 0. The van der Waals surface area contributed by atoms with Crippen molar-refractivity contribution in [3.63, 3.8) is 0 Å². The monoisotopic (exact) mass is 317 g/mol. The van der Waals surface area contributed by atoms with Crippen molar-refractivity contribution in [3.8, 4) is 0 Å². The second-order valence-corrected chi connectivity index (χ2v) is 6.55. The molecule has 0 amide bonds. The van der Waals surface area contributed by atoms with Crippen LogP contribution in [-0.4, -0.2) is 59.0 Å². The molecular weight excluding hydrogens is 294 g/mol. The molecule has 0 spiro atoms. The van der Waals surface area contributed by atoms with Crippen molar-refractivity contribution in [2.75, 3.05) is 26.3 Å². The van der Waals surface area contributed by atoms with Gasteiger partial charge in [-0.05, 0) is 20.3 Å². The topological polar surface area (TPSA) is 95.7 Å². The van der Waals surface area contributed by atoms with E-state index >= 15 is 0 Å². The van der Waals surface area contributed by atoms with Gasteiger partial charge < -0.3 is 10.2 Å². The number of nitrogens with zero attached hydrogens (tertiary/aromatic N) is 3. The van der Waals surface area contributed by atoms with Gasteiger partial charge in [0.15, 0.2) is 0 Å². The Morgan fingerprint density at radius 2 is 2.00 bits per heavy atom. The molecule has 1 rings (SSSR count). The van der Waals surface area contributed by atoms with Crippen LogP contribution in [0.1, 0.15) is 17.8 Å². The van der Waals surface area contributed by atoms with Gasteiger partial charge >= 0.3 is 0 Å². The molecule has 0 aliphatic carbocycles. The molecule has 0 saturated carbocycles. The van der Waals surface area contributed by atoms with Crippen LogP contribution in [0.25, 0.3) is 0 Å². The van der Waals surface area contributed by atoms with Gasteiger partial charge in [0, 0.05) is 26.2 Å². The highest BCUT2D eigenvalue weighted by Gasteiger charge is 2.29. The summed E-state index contributed by atoms with van der Waals surface area (Å²) in [6.07, 6.45) is 1.99. The van der Waals surface area contributed by atoms with Gasteiger partial charge in [0.1, 0.15) is 4.90 Å². The van der Waals surface area contributed by atoms with Crippen molar-refractivity contribution in [2.45, 2.75) is 31.7 Å². The first kappa shape index (κ1) is 17.8. The van der Waals surface area contributed by atoms with Crippen molar-refractivity contribution in [1.29, 1.82) is 0 Å². The van der Waals surface area contributed by atoms with Crippen LogP contribution in [0.3, 0.4) is 0 Å². The molecule has 7 nitrogen and oxygen atoms in total. The Kier molecular flexibility index (Phi) is 6.53. The number of aliphatic hydroxyl groups excluding tert-OH is 2. The van der Waals surface area contributed by atoms with E-state index in [2.05, 4.69) is 11.7 Å². The molecule has 1 heterocycles. The zero-order valence-electron chi connectivity index (χ0n) is 12.5. The van der Waals surface area contributed by atoms with Gasteiger partial charge in [-0.3, -0.25) is 4.68 Å². The average molecular weight is 317 g/mol. The summed E-state index contributed by atoms with van der Waals surface area (Å²) in [5, 5.41) is 22.1. The third kappa shape index (κ3) is 3.91. The minimum absolute atomic E-state index is 0.00898. The van der Waals surface area contributed by atoms with Crippen molar-refractivity contribution in [2.24, 2.45) is 0 Å². The summed E-state index contributed by atoms with van der Waals surface area (Å²) >= 11 is 0. The molecule has 120 valence electrons. The lowest BCUT2D eigenvalue weighted by atomic mass is 10.4. The minimum atomic E-state index is -3.73. The normalized spacial score (nSPS) is 12.0. The first-order valence-corrected chi connectivity index (χ1v) is 8.20. The molecule has 0 unspecified atom stereocenters. The Labute approximate surface area is 125 Å². The van der Waals surface area contributed by atoms with E-state index in [9.17, 15) is 8.42 Å². The maximum absolute atomic E-state index is 12.7. The maximum Gasteiger partial charge on any atom is 0.247 e. The summed E-state index contributed by atoms with van der Waals surface area (Å²) in [4.78, 5) is 0.163. The Hall–Kier alpha value is -1.22. The van der Waals surface area contributed by atoms with Crippen LogP contribution < -0.4 is 0 Å². The number of rotatable bonds is 9. The number of sulfonamides is 1. The van der Waals surface area contributed by atoms with Crippen LogP contribution >= 0.6 is 0 Å². The molecule has 21 heavy (non-hydrogen) atoms. The largest absolute Gasteiger partial charge is 0.396 e. The Bertz CT molecular complexity index is 580. The second kappa shape index (κ2) is 7.69. The Morgan fingerprint density at radius 3 is 2.52 bits per heavy atom.